The third-order valence-corrected chi connectivity index (χ3v) is 5.38. The van der Waals surface area contributed by atoms with Gasteiger partial charge >= 0.3 is 6.18 Å². The van der Waals surface area contributed by atoms with E-state index in [0.717, 1.165) is 25.7 Å². The number of fused-ring (bicyclic) bond motifs is 1. The van der Waals surface area contributed by atoms with Gasteiger partial charge in [-0.2, -0.15) is 13.2 Å². The van der Waals surface area contributed by atoms with E-state index in [1.54, 1.807) is 0 Å². The van der Waals surface area contributed by atoms with E-state index in [1.807, 2.05) is 6.92 Å². The number of aliphatic hydroxyl groups excluding tert-OH is 1. The van der Waals surface area contributed by atoms with Gasteiger partial charge in [0.25, 0.3) is 0 Å². The second-order valence-corrected chi connectivity index (χ2v) is 6.71. The molecule has 1 saturated carbocycles. The van der Waals surface area contributed by atoms with Crippen molar-refractivity contribution in [2.24, 2.45) is 5.41 Å². The monoisotopic (exact) mass is 304 g/mol. The Bertz CT molecular complexity index is 625. The number of nitrogens with zero attached hydrogens (tertiary/aromatic N) is 2. The topological polar surface area (TPSA) is 37.5 Å². The van der Waals surface area contributed by atoms with Crippen molar-refractivity contribution < 1.29 is 18.3 Å². The van der Waals surface area contributed by atoms with E-state index in [9.17, 15) is 18.3 Å². The lowest BCUT2D eigenvalue weighted by Gasteiger charge is -2.30. The molecule has 0 amide bonds. The summed E-state index contributed by atoms with van der Waals surface area (Å²) >= 11 is 0.639. The smallest absolute Gasteiger partial charge is 0.386 e. The molecule has 3 nitrogen and oxygen atoms in total. The highest BCUT2D eigenvalue weighted by Gasteiger charge is 2.45. The average molecular weight is 304 g/mol. The van der Waals surface area contributed by atoms with Crippen molar-refractivity contribution in [3.63, 3.8) is 0 Å². The van der Waals surface area contributed by atoms with E-state index < -0.39 is 22.6 Å². The molecule has 1 unspecified atom stereocenters. The number of hydrogen-bond acceptors (Lipinski definition) is 3. The molecular formula is C13H15F3N2OS. The first kappa shape index (κ1) is 13.9. The van der Waals surface area contributed by atoms with Gasteiger partial charge in [-0.3, -0.25) is 4.40 Å². The quantitative estimate of drug-likeness (QED) is 0.909. The zero-order chi connectivity index (χ0) is 14.5. The lowest BCUT2D eigenvalue weighted by atomic mass is 9.80. The Labute approximate surface area is 118 Å². The van der Waals surface area contributed by atoms with E-state index in [-0.39, 0.29) is 5.69 Å². The zero-order valence-corrected chi connectivity index (χ0v) is 11.8. The predicted molar refractivity (Wildman–Crippen MR) is 69.6 cm³/mol. The van der Waals surface area contributed by atoms with Crippen LogP contribution in [0.15, 0.2) is 12.5 Å². The first-order valence-electron chi connectivity index (χ1n) is 6.53. The lowest BCUT2D eigenvalue weighted by Crippen LogP contribution is -2.25. The van der Waals surface area contributed by atoms with E-state index in [2.05, 4.69) is 4.98 Å². The minimum atomic E-state index is -4.45. The van der Waals surface area contributed by atoms with Gasteiger partial charge in [0.1, 0.15) is 22.1 Å². The van der Waals surface area contributed by atoms with Crippen molar-refractivity contribution in [3.05, 3.63) is 23.1 Å². The number of aliphatic hydroxyl groups is 1. The van der Waals surface area contributed by atoms with Gasteiger partial charge in [0.05, 0.1) is 11.9 Å². The van der Waals surface area contributed by atoms with Crippen LogP contribution in [0.2, 0.25) is 0 Å². The van der Waals surface area contributed by atoms with Gasteiger partial charge in [-0.15, -0.1) is 11.3 Å². The summed E-state index contributed by atoms with van der Waals surface area (Å²) < 4.78 is 41.0. The molecule has 7 heteroatoms. The number of thiazole rings is 1. The molecule has 1 aliphatic carbocycles. The number of halogens is 3. The highest BCUT2D eigenvalue weighted by atomic mass is 32.1. The van der Waals surface area contributed by atoms with Crippen molar-refractivity contribution in [1.29, 1.82) is 0 Å². The van der Waals surface area contributed by atoms with Crippen LogP contribution in [0.4, 0.5) is 13.2 Å². The minimum absolute atomic E-state index is 0.0561. The Morgan fingerprint density at radius 3 is 2.65 bits per heavy atom. The van der Waals surface area contributed by atoms with Gasteiger partial charge in [0, 0.05) is 0 Å². The van der Waals surface area contributed by atoms with Gasteiger partial charge < -0.3 is 5.11 Å². The number of alkyl halides is 3. The Kier molecular flexibility index (Phi) is 3.10. The van der Waals surface area contributed by atoms with Crippen molar-refractivity contribution in [2.75, 3.05) is 0 Å². The van der Waals surface area contributed by atoms with E-state index in [4.69, 9.17) is 0 Å². The van der Waals surface area contributed by atoms with Crippen LogP contribution in [0.1, 0.15) is 49.3 Å². The number of imidazole rings is 1. The van der Waals surface area contributed by atoms with E-state index in [1.165, 1.54) is 16.9 Å². The molecule has 3 rings (SSSR count). The summed E-state index contributed by atoms with van der Waals surface area (Å²) in [6, 6.07) is 0. The molecule has 0 radical (unpaired) electrons. The summed E-state index contributed by atoms with van der Waals surface area (Å²) in [5.41, 5.74) is -0.544. The maximum Gasteiger partial charge on any atom is 0.427 e. The van der Waals surface area contributed by atoms with Crippen LogP contribution in [0.5, 0.6) is 0 Å². The lowest BCUT2D eigenvalue weighted by molar-refractivity contribution is -0.137. The van der Waals surface area contributed by atoms with Crippen molar-refractivity contribution in [1.82, 2.24) is 9.38 Å². The fourth-order valence-corrected chi connectivity index (χ4v) is 4.05. The van der Waals surface area contributed by atoms with Crippen molar-refractivity contribution in [3.8, 4) is 0 Å². The highest BCUT2D eigenvalue weighted by Crippen LogP contribution is 2.51. The SMILES string of the molecule is CC1(C(O)c2c(C(F)(F)F)sc3cncn23)CCCC1. The average Bonchev–Trinajstić information content (AvgIpc) is 3.00. The highest BCUT2D eigenvalue weighted by molar-refractivity contribution is 7.17. The molecule has 0 saturated heterocycles. The second kappa shape index (κ2) is 4.46. The van der Waals surface area contributed by atoms with Crippen LogP contribution < -0.4 is 0 Å². The zero-order valence-electron chi connectivity index (χ0n) is 10.9. The number of hydrogen-bond donors (Lipinski definition) is 1. The molecule has 110 valence electrons. The molecule has 1 N–H and O–H groups in total. The molecular weight excluding hydrogens is 289 g/mol. The molecule has 20 heavy (non-hydrogen) atoms. The summed E-state index contributed by atoms with van der Waals surface area (Å²) in [5, 5.41) is 10.6. The Morgan fingerprint density at radius 1 is 1.40 bits per heavy atom. The molecule has 0 bridgehead atoms. The Balaban J connectivity index is 2.15. The van der Waals surface area contributed by atoms with Crippen LogP contribution in [0, 0.1) is 5.41 Å². The molecule has 0 aliphatic heterocycles. The standard InChI is InChI=1S/C13H15F3N2OS/c1-12(4-2-3-5-12)10(19)9-11(13(14,15)16)20-8-6-17-7-18(8)9/h6-7,10,19H,2-5H2,1H3. The van der Waals surface area contributed by atoms with Gasteiger partial charge in [0.15, 0.2) is 0 Å². The van der Waals surface area contributed by atoms with Gasteiger partial charge in [-0.1, -0.05) is 19.8 Å². The third kappa shape index (κ3) is 2.03. The first-order chi connectivity index (χ1) is 9.33. The third-order valence-electron chi connectivity index (χ3n) is 4.23. The summed E-state index contributed by atoms with van der Waals surface area (Å²) in [6.45, 7) is 1.87. The van der Waals surface area contributed by atoms with Crippen LogP contribution in [-0.2, 0) is 6.18 Å². The largest absolute Gasteiger partial charge is 0.427 e. The fourth-order valence-electron chi connectivity index (χ4n) is 3.05. The van der Waals surface area contributed by atoms with E-state index >= 15 is 0 Å². The van der Waals surface area contributed by atoms with Crippen LogP contribution in [0.3, 0.4) is 0 Å². The van der Waals surface area contributed by atoms with Crippen LogP contribution >= 0.6 is 11.3 Å². The number of rotatable bonds is 2. The van der Waals surface area contributed by atoms with Crippen LogP contribution in [-0.4, -0.2) is 14.5 Å². The molecule has 0 spiro atoms. The predicted octanol–water partition coefficient (Wildman–Crippen LogP) is 4.03. The Morgan fingerprint density at radius 2 is 2.05 bits per heavy atom. The normalized spacial score (nSPS) is 20.6. The Hall–Kier alpha value is -1.08. The minimum Gasteiger partial charge on any atom is -0.386 e. The second-order valence-electron chi connectivity index (χ2n) is 5.68. The molecule has 1 aliphatic rings. The maximum absolute atomic E-state index is 13.2. The summed E-state index contributed by atoms with van der Waals surface area (Å²) in [7, 11) is 0. The summed E-state index contributed by atoms with van der Waals surface area (Å²) in [5.74, 6) is 0. The van der Waals surface area contributed by atoms with Crippen LogP contribution in [0.25, 0.3) is 4.83 Å². The molecule has 1 fully saturated rings. The number of aromatic nitrogens is 2. The van der Waals surface area contributed by atoms with Gasteiger partial charge in [-0.05, 0) is 18.3 Å². The molecule has 1 atom stereocenters. The molecule has 2 aromatic heterocycles. The summed E-state index contributed by atoms with van der Waals surface area (Å²) in [6.07, 6.45) is 0.567. The van der Waals surface area contributed by atoms with E-state index in [0.29, 0.717) is 16.2 Å². The first-order valence-corrected chi connectivity index (χ1v) is 7.34. The summed E-state index contributed by atoms with van der Waals surface area (Å²) in [4.78, 5) is 3.57. The molecule has 2 aromatic rings. The molecule has 2 heterocycles. The maximum atomic E-state index is 13.2. The molecule has 0 aromatic carbocycles. The van der Waals surface area contributed by atoms with Gasteiger partial charge in [0.2, 0.25) is 0 Å². The van der Waals surface area contributed by atoms with Gasteiger partial charge in [-0.25, -0.2) is 4.98 Å². The van der Waals surface area contributed by atoms with Crippen molar-refractivity contribution >= 4 is 16.2 Å². The van der Waals surface area contributed by atoms with Crippen molar-refractivity contribution in [2.45, 2.75) is 44.9 Å². The fraction of sp³-hybridized carbons (Fsp3) is 0.615.